The van der Waals surface area contributed by atoms with Gasteiger partial charge < -0.3 is 14.5 Å². The molecule has 0 aliphatic carbocycles. The lowest BCUT2D eigenvalue weighted by Gasteiger charge is -2.30. The maximum absolute atomic E-state index is 12.0. The second-order valence-electron chi connectivity index (χ2n) is 5.95. The molecule has 112 valence electrons. The third-order valence-corrected chi connectivity index (χ3v) is 10.7. The minimum absolute atomic E-state index is 0.666. The van der Waals surface area contributed by atoms with Crippen LogP contribution in [0.1, 0.15) is 0 Å². The van der Waals surface area contributed by atoms with Crippen molar-refractivity contribution in [2.45, 2.75) is 26.2 Å². The van der Waals surface area contributed by atoms with Crippen molar-refractivity contribution in [3.63, 3.8) is 0 Å². The highest BCUT2D eigenvalue weighted by atomic mass is 28.4. The summed E-state index contributed by atoms with van der Waals surface area (Å²) >= 11 is 0. The summed E-state index contributed by atoms with van der Waals surface area (Å²) in [6, 6.07) is 10.7. The molecule has 0 fully saturated rings. The fourth-order valence-electron chi connectivity index (χ4n) is 2.53. The van der Waals surface area contributed by atoms with E-state index in [0.29, 0.717) is 10.6 Å². The molecule has 0 spiro atoms. The summed E-state index contributed by atoms with van der Waals surface area (Å²) in [6.45, 7) is 7.96. The molecule has 21 heavy (non-hydrogen) atoms. The second-order valence-corrected chi connectivity index (χ2v) is 13.8. The number of rotatable bonds is 4. The molecule has 0 radical (unpaired) electrons. The molecule has 0 amide bonds. The van der Waals surface area contributed by atoms with Gasteiger partial charge in [-0.3, -0.25) is 0 Å². The van der Waals surface area contributed by atoms with Crippen molar-refractivity contribution in [2.24, 2.45) is 0 Å². The third kappa shape index (κ3) is 3.31. The van der Waals surface area contributed by atoms with Crippen molar-refractivity contribution < 1.29 is 13.6 Å². The quantitative estimate of drug-likeness (QED) is 0.468. The molecule has 0 atom stereocenters. The van der Waals surface area contributed by atoms with Crippen LogP contribution in [0.2, 0.25) is 26.2 Å². The average molecular weight is 320 g/mol. The molecule has 0 aliphatic rings. The van der Waals surface area contributed by atoms with Crippen LogP contribution >= 0.6 is 0 Å². The van der Waals surface area contributed by atoms with E-state index in [2.05, 4.69) is 0 Å². The highest BCUT2D eigenvalue weighted by Gasteiger charge is 2.44. The van der Waals surface area contributed by atoms with Crippen LogP contribution in [0.5, 0.6) is 0 Å². The van der Waals surface area contributed by atoms with Crippen molar-refractivity contribution in [3.8, 4) is 0 Å². The Hall–Kier alpha value is -1.71. The monoisotopic (exact) mass is 320 g/mol. The number of pyridine rings is 2. The largest absolute Gasteiger partial charge is 0.619 e. The fourth-order valence-corrected chi connectivity index (χ4v) is 10.7. The SMILES string of the molecule is C[Si](C)(O[Si](C)(C)c1cccc[n+]1[O-])c1cccc[n+]1[O-]. The van der Waals surface area contributed by atoms with E-state index < -0.39 is 16.6 Å². The smallest absolute Gasteiger partial charge is 0.286 e. The Kier molecular flexibility index (Phi) is 4.17. The van der Waals surface area contributed by atoms with Gasteiger partial charge in [-0.25, -0.2) is 0 Å². The molecule has 2 rings (SSSR count). The summed E-state index contributed by atoms with van der Waals surface area (Å²) in [5, 5.41) is 25.3. The van der Waals surface area contributed by atoms with Gasteiger partial charge in [0.05, 0.1) is 0 Å². The Balaban J connectivity index is 2.36. The summed E-state index contributed by atoms with van der Waals surface area (Å²) in [5.41, 5.74) is 0. The van der Waals surface area contributed by atoms with Crippen LogP contribution in [0.15, 0.2) is 48.8 Å². The van der Waals surface area contributed by atoms with Crippen LogP contribution in [0.4, 0.5) is 0 Å². The second kappa shape index (κ2) is 5.59. The summed E-state index contributed by atoms with van der Waals surface area (Å²) in [6.07, 6.45) is 2.97. The van der Waals surface area contributed by atoms with Crippen molar-refractivity contribution in [3.05, 3.63) is 59.2 Å². The molecule has 2 aromatic heterocycles. The van der Waals surface area contributed by atoms with Crippen molar-refractivity contribution in [1.82, 2.24) is 0 Å². The van der Waals surface area contributed by atoms with Gasteiger partial charge in [0.25, 0.3) is 16.6 Å². The zero-order chi connectivity index (χ0) is 15.7. The van der Waals surface area contributed by atoms with Gasteiger partial charge in [-0.15, -0.1) is 0 Å². The van der Waals surface area contributed by atoms with Gasteiger partial charge in [0, 0.05) is 24.3 Å². The zero-order valence-corrected chi connectivity index (χ0v) is 14.7. The fraction of sp³-hybridized carbons (Fsp3) is 0.286. The minimum Gasteiger partial charge on any atom is -0.619 e. The van der Waals surface area contributed by atoms with Crippen LogP contribution in [-0.4, -0.2) is 16.6 Å². The molecular weight excluding hydrogens is 300 g/mol. The summed E-state index contributed by atoms with van der Waals surface area (Å²) < 4.78 is 8.13. The summed E-state index contributed by atoms with van der Waals surface area (Å²) in [5.74, 6) is 0. The third-order valence-electron chi connectivity index (χ3n) is 3.39. The minimum atomic E-state index is -2.41. The first-order valence-electron chi connectivity index (χ1n) is 6.81. The molecule has 2 aromatic rings. The van der Waals surface area contributed by atoms with Crippen LogP contribution in [0.25, 0.3) is 0 Å². The molecule has 0 bridgehead atoms. The summed E-state index contributed by atoms with van der Waals surface area (Å²) in [4.78, 5) is 0. The lowest BCUT2D eigenvalue weighted by molar-refractivity contribution is -0.588. The Morgan fingerprint density at radius 3 is 1.48 bits per heavy atom. The molecule has 0 saturated heterocycles. The van der Waals surface area contributed by atoms with E-state index in [0.717, 1.165) is 9.46 Å². The van der Waals surface area contributed by atoms with E-state index >= 15 is 0 Å². The highest BCUT2D eigenvalue weighted by Crippen LogP contribution is 2.13. The number of aromatic nitrogens is 2. The molecule has 0 aromatic carbocycles. The van der Waals surface area contributed by atoms with E-state index in [1.807, 2.05) is 38.3 Å². The van der Waals surface area contributed by atoms with E-state index in [9.17, 15) is 10.4 Å². The van der Waals surface area contributed by atoms with E-state index in [4.69, 9.17) is 4.12 Å². The van der Waals surface area contributed by atoms with Crippen LogP contribution in [0.3, 0.4) is 0 Å². The maximum atomic E-state index is 12.0. The van der Waals surface area contributed by atoms with Crippen LogP contribution in [0, 0.1) is 10.4 Å². The van der Waals surface area contributed by atoms with E-state index in [1.165, 1.54) is 12.4 Å². The van der Waals surface area contributed by atoms with Crippen LogP contribution < -0.4 is 20.1 Å². The first-order chi connectivity index (χ1) is 9.74. The number of hydrogen-bond donors (Lipinski definition) is 0. The average Bonchev–Trinajstić information content (AvgIpc) is 2.38. The lowest BCUT2D eigenvalue weighted by atomic mass is 10.5. The highest BCUT2D eigenvalue weighted by molar-refractivity contribution is 6.95. The van der Waals surface area contributed by atoms with E-state index in [-0.39, 0.29) is 0 Å². The van der Waals surface area contributed by atoms with Crippen molar-refractivity contribution in [1.29, 1.82) is 0 Å². The molecule has 0 unspecified atom stereocenters. The van der Waals surface area contributed by atoms with Gasteiger partial charge in [-0.05, 0) is 26.2 Å². The van der Waals surface area contributed by atoms with Crippen molar-refractivity contribution in [2.75, 3.05) is 0 Å². The van der Waals surface area contributed by atoms with Crippen LogP contribution in [-0.2, 0) is 4.12 Å². The van der Waals surface area contributed by atoms with Gasteiger partial charge in [-0.1, -0.05) is 12.1 Å². The molecule has 5 nitrogen and oxygen atoms in total. The predicted molar refractivity (Wildman–Crippen MR) is 86.1 cm³/mol. The van der Waals surface area contributed by atoms with Gasteiger partial charge in [0.1, 0.15) is 0 Å². The molecule has 0 aliphatic heterocycles. The topological polar surface area (TPSA) is 63.1 Å². The first kappa shape index (κ1) is 15.7. The van der Waals surface area contributed by atoms with E-state index in [1.54, 1.807) is 24.3 Å². The van der Waals surface area contributed by atoms with Crippen molar-refractivity contribution >= 4 is 27.3 Å². The zero-order valence-electron chi connectivity index (χ0n) is 12.7. The first-order valence-corrected chi connectivity index (χ1v) is 12.6. The molecule has 0 N–H and O–H groups in total. The van der Waals surface area contributed by atoms with Gasteiger partial charge >= 0.3 is 0 Å². The summed E-state index contributed by atoms with van der Waals surface area (Å²) in [7, 11) is -4.81. The van der Waals surface area contributed by atoms with Gasteiger partial charge in [-0.2, -0.15) is 9.46 Å². The molecular formula is C14H20N2O3Si2. The Labute approximate surface area is 126 Å². The molecule has 0 saturated carbocycles. The normalized spacial score (nSPS) is 12.4. The molecule has 2 heterocycles. The number of nitrogens with zero attached hydrogens (tertiary/aromatic N) is 2. The number of hydrogen-bond acceptors (Lipinski definition) is 3. The van der Waals surface area contributed by atoms with Gasteiger partial charge in [0.15, 0.2) is 23.0 Å². The predicted octanol–water partition coefficient (Wildman–Crippen LogP) is 0.494. The Bertz CT molecular complexity index is 592. The van der Waals surface area contributed by atoms with Gasteiger partial charge in [0.2, 0.25) is 0 Å². The maximum Gasteiger partial charge on any atom is 0.286 e. The lowest BCUT2D eigenvalue weighted by Crippen LogP contribution is -2.69. The molecule has 7 heteroatoms. The Morgan fingerprint density at radius 2 is 1.14 bits per heavy atom. The standard InChI is InChI=1S/C14H20N2O3Si2/c1-20(2,13-9-5-7-11-15(13)17)19-21(3,4)14-10-6-8-12-16(14)18/h5-12H,1-4H3. The Morgan fingerprint density at radius 1 is 0.762 bits per heavy atom.